The molecule has 0 bridgehead atoms. The highest BCUT2D eigenvalue weighted by atomic mass is 16.2. The molecule has 1 N–H and O–H groups in total. The summed E-state index contributed by atoms with van der Waals surface area (Å²) in [7, 11) is 0. The molecule has 0 radical (unpaired) electrons. The van der Waals surface area contributed by atoms with Gasteiger partial charge in [0, 0.05) is 30.8 Å². The molecule has 7 atom stereocenters. The van der Waals surface area contributed by atoms with Crippen molar-refractivity contribution in [2.24, 2.45) is 46.3 Å². The van der Waals surface area contributed by atoms with Crippen LogP contribution in [0.5, 0.6) is 0 Å². The SMILES string of the molecule is C[C@@]12CCC[C@H]1[C@@H]1C(=O)C(=O)C3C[C@H](/C=C\C4CNC4)CC[C@]3(C)[C@H]1CC2. The molecule has 1 saturated heterocycles. The highest BCUT2D eigenvalue weighted by Gasteiger charge is 2.63. The largest absolute Gasteiger partial charge is 0.315 e. The lowest BCUT2D eigenvalue weighted by atomic mass is 9.44. The summed E-state index contributed by atoms with van der Waals surface area (Å²) < 4.78 is 0. The van der Waals surface area contributed by atoms with Gasteiger partial charge in [0.2, 0.25) is 11.6 Å². The Labute approximate surface area is 163 Å². The number of allylic oxidation sites excluding steroid dienone is 1. The van der Waals surface area contributed by atoms with Crippen LogP contribution >= 0.6 is 0 Å². The fourth-order valence-corrected chi connectivity index (χ4v) is 7.72. The molecule has 1 heterocycles. The summed E-state index contributed by atoms with van der Waals surface area (Å²) in [6.45, 7) is 6.94. The number of carbonyl (C=O) groups excluding carboxylic acids is 2. The van der Waals surface area contributed by atoms with Gasteiger partial charge in [0.25, 0.3) is 0 Å². The monoisotopic (exact) mass is 369 g/mol. The number of nitrogens with one attached hydrogen (secondary N) is 1. The maximum absolute atomic E-state index is 13.3. The molecule has 148 valence electrons. The number of Topliss-reactive ketones (excluding diaryl/α,β-unsaturated/α-hetero) is 2. The molecular weight excluding hydrogens is 334 g/mol. The normalized spacial score (nSPS) is 50.2. The van der Waals surface area contributed by atoms with Crippen LogP contribution in [0.3, 0.4) is 0 Å². The second-order valence-electron chi connectivity index (χ2n) is 10.9. The first-order valence-corrected chi connectivity index (χ1v) is 11.4. The van der Waals surface area contributed by atoms with Crippen LogP contribution in [0.1, 0.15) is 65.2 Å². The molecule has 0 spiro atoms. The van der Waals surface area contributed by atoms with E-state index in [9.17, 15) is 9.59 Å². The minimum atomic E-state index is -0.0278. The van der Waals surface area contributed by atoms with Gasteiger partial charge in [-0.05, 0) is 73.5 Å². The molecule has 4 saturated carbocycles. The van der Waals surface area contributed by atoms with E-state index in [4.69, 9.17) is 0 Å². The van der Waals surface area contributed by atoms with Gasteiger partial charge in [0.1, 0.15) is 0 Å². The Kier molecular flexibility index (Phi) is 4.20. The van der Waals surface area contributed by atoms with Crippen molar-refractivity contribution in [3.8, 4) is 0 Å². The van der Waals surface area contributed by atoms with Gasteiger partial charge in [-0.15, -0.1) is 0 Å². The summed E-state index contributed by atoms with van der Waals surface area (Å²) in [4.78, 5) is 26.6. The van der Waals surface area contributed by atoms with Crippen molar-refractivity contribution in [3.63, 3.8) is 0 Å². The van der Waals surface area contributed by atoms with E-state index in [1.165, 1.54) is 25.7 Å². The predicted molar refractivity (Wildman–Crippen MR) is 106 cm³/mol. The third kappa shape index (κ3) is 2.63. The maximum Gasteiger partial charge on any atom is 0.202 e. The molecule has 1 unspecified atom stereocenters. The first-order valence-electron chi connectivity index (χ1n) is 11.4. The predicted octanol–water partition coefficient (Wildman–Crippen LogP) is 4.17. The van der Waals surface area contributed by atoms with E-state index in [-0.39, 0.29) is 28.8 Å². The molecule has 0 aromatic heterocycles. The molecule has 3 nitrogen and oxygen atoms in total. The van der Waals surface area contributed by atoms with Crippen LogP contribution in [0.15, 0.2) is 12.2 Å². The summed E-state index contributed by atoms with van der Waals surface area (Å²) in [6.07, 6.45) is 14.0. The molecular formula is C24H35NO2. The van der Waals surface area contributed by atoms with Crippen LogP contribution in [0.2, 0.25) is 0 Å². The minimum Gasteiger partial charge on any atom is -0.315 e. The second-order valence-corrected chi connectivity index (χ2v) is 10.9. The molecule has 5 aliphatic rings. The Morgan fingerprint density at radius 3 is 2.41 bits per heavy atom. The quantitative estimate of drug-likeness (QED) is 0.587. The fraction of sp³-hybridized carbons (Fsp3) is 0.833. The zero-order valence-corrected chi connectivity index (χ0v) is 17.0. The molecule has 27 heavy (non-hydrogen) atoms. The number of ketones is 2. The highest BCUT2D eigenvalue weighted by molar-refractivity contribution is 6.39. The lowest BCUT2D eigenvalue weighted by Crippen LogP contribution is -2.60. The van der Waals surface area contributed by atoms with E-state index >= 15 is 0 Å². The summed E-state index contributed by atoms with van der Waals surface area (Å²) in [5.41, 5.74) is 0.374. The van der Waals surface area contributed by atoms with Crippen molar-refractivity contribution in [2.45, 2.75) is 65.2 Å². The minimum absolute atomic E-state index is 0.00156. The van der Waals surface area contributed by atoms with Crippen molar-refractivity contribution in [1.29, 1.82) is 0 Å². The van der Waals surface area contributed by atoms with Crippen LogP contribution < -0.4 is 5.32 Å². The Bertz CT molecular complexity index is 680. The lowest BCUT2D eigenvalue weighted by Gasteiger charge is -2.58. The molecule has 3 heteroatoms. The van der Waals surface area contributed by atoms with Crippen LogP contribution in [-0.4, -0.2) is 24.7 Å². The summed E-state index contributed by atoms with van der Waals surface area (Å²) >= 11 is 0. The molecule has 5 rings (SSSR count). The van der Waals surface area contributed by atoms with Gasteiger partial charge in [-0.25, -0.2) is 0 Å². The molecule has 1 aliphatic heterocycles. The Hall–Kier alpha value is -0.960. The fourth-order valence-electron chi connectivity index (χ4n) is 7.72. The third-order valence-electron chi connectivity index (χ3n) is 9.62. The zero-order valence-electron chi connectivity index (χ0n) is 17.0. The first-order chi connectivity index (χ1) is 12.9. The van der Waals surface area contributed by atoms with Crippen LogP contribution in [-0.2, 0) is 9.59 Å². The van der Waals surface area contributed by atoms with E-state index in [2.05, 4.69) is 31.3 Å². The number of carbonyl (C=O) groups is 2. The molecule has 5 fully saturated rings. The third-order valence-corrected chi connectivity index (χ3v) is 9.62. The molecule has 4 aliphatic carbocycles. The standard InChI is InChI=1S/C24H35NO2/c1-23-9-3-4-17(23)20-18(8-10-23)24(2)11-7-15(5-6-16-13-25-14-16)12-19(24)21(26)22(20)27/h5-6,15-20,25H,3-4,7-14H2,1-2H3/b6-5-/t15-,17+,18+,19?,20+,23+,24-/m1/s1. The van der Waals surface area contributed by atoms with Gasteiger partial charge in [0.15, 0.2) is 0 Å². The average Bonchev–Trinajstić information content (AvgIpc) is 3.00. The van der Waals surface area contributed by atoms with E-state index in [1.807, 2.05) is 0 Å². The Balaban J connectivity index is 1.40. The van der Waals surface area contributed by atoms with Gasteiger partial charge in [-0.1, -0.05) is 32.4 Å². The first kappa shape index (κ1) is 18.1. The smallest absolute Gasteiger partial charge is 0.202 e. The topological polar surface area (TPSA) is 46.2 Å². The van der Waals surface area contributed by atoms with E-state index in [0.29, 0.717) is 29.1 Å². The van der Waals surface area contributed by atoms with Crippen molar-refractivity contribution >= 4 is 11.6 Å². The Morgan fingerprint density at radius 1 is 0.889 bits per heavy atom. The van der Waals surface area contributed by atoms with Crippen LogP contribution in [0.4, 0.5) is 0 Å². The average molecular weight is 370 g/mol. The zero-order chi connectivity index (χ0) is 18.8. The van der Waals surface area contributed by atoms with Gasteiger partial charge >= 0.3 is 0 Å². The highest BCUT2D eigenvalue weighted by Crippen LogP contribution is 2.65. The van der Waals surface area contributed by atoms with Gasteiger partial charge in [-0.3, -0.25) is 9.59 Å². The van der Waals surface area contributed by atoms with Crippen molar-refractivity contribution in [2.75, 3.05) is 13.1 Å². The van der Waals surface area contributed by atoms with Gasteiger partial charge in [0.05, 0.1) is 0 Å². The summed E-state index contributed by atoms with van der Waals surface area (Å²) in [6, 6.07) is 0. The van der Waals surface area contributed by atoms with Crippen molar-refractivity contribution in [3.05, 3.63) is 12.2 Å². The number of hydrogen-bond donors (Lipinski definition) is 1. The molecule has 0 amide bonds. The van der Waals surface area contributed by atoms with Crippen molar-refractivity contribution < 1.29 is 9.59 Å². The number of fused-ring (bicyclic) bond motifs is 5. The van der Waals surface area contributed by atoms with Crippen LogP contribution in [0, 0.1) is 46.3 Å². The van der Waals surface area contributed by atoms with E-state index in [0.717, 1.165) is 38.8 Å². The van der Waals surface area contributed by atoms with Crippen molar-refractivity contribution in [1.82, 2.24) is 5.32 Å². The van der Waals surface area contributed by atoms with E-state index < -0.39 is 0 Å². The number of hydrogen-bond acceptors (Lipinski definition) is 3. The van der Waals surface area contributed by atoms with Gasteiger partial charge < -0.3 is 5.32 Å². The summed E-state index contributed by atoms with van der Waals surface area (Å²) in [5, 5.41) is 3.32. The van der Waals surface area contributed by atoms with Crippen LogP contribution in [0.25, 0.3) is 0 Å². The second kappa shape index (κ2) is 6.27. The van der Waals surface area contributed by atoms with Gasteiger partial charge in [-0.2, -0.15) is 0 Å². The molecule has 0 aromatic rings. The summed E-state index contributed by atoms with van der Waals surface area (Å²) in [5.74, 6) is 2.10. The number of rotatable bonds is 2. The Morgan fingerprint density at radius 2 is 1.67 bits per heavy atom. The maximum atomic E-state index is 13.3. The lowest BCUT2D eigenvalue weighted by molar-refractivity contribution is -0.167. The molecule has 0 aromatic carbocycles. The van der Waals surface area contributed by atoms with E-state index in [1.54, 1.807) is 0 Å².